The van der Waals surface area contributed by atoms with Gasteiger partial charge in [-0.1, -0.05) is 13.8 Å². The van der Waals surface area contributed by atoms with Crippen molar-refractivity contribution in [3.63, 3.8) is 0 Å². The normalized spacial score (nSPS) is 10.5. The molecule has 1 aromatic heterocycles. The molecule has 0 fully saturated rings. The molecule has 1 rings (SSSR count). The summed E-state index contributed by atoms with van der Waals surface area (Å²) in [4.78, 5) is 18.5. The molecule has 0 aliphatic rings. The summed E-state index contributed by atoms with van der Waals surface area (Å²) in [6, 6.07) is 0. The first kappa shape index (κ1) is 12.1. The summed E-state index contributed by atoms with van der Waals surface area (Å²) >= 11 is 1.75. The lowest BCUT2D eigenvalue weighted by molar-refractivity contribution is 0.952. The topological polar surface area (TPSA) is 71.8 Å². The minimum Gasteiger partial charge on any atom is -0.383 e. The third kappa shape index (κ3) is 3.27. The van der Waals surface area contributed by atoms with Gasteiger partial charge in [-0.3, -0.25) is 4.79 Å². The zero-order chi connectivity index (χ0) is 11.3. The molecule has 3 N–H and O–H groups in total. The van der Waals surface area contributed by atoms with Gasteiger partial charge in [0.2, 0.25) is 0 Å². The third-order valence-electron chi connectivity index (χ3n) is 2.04. The molecule has 0 aliphatic carbocycles. The molecule has 1 heterocycles. The van der Waals surface area contributed by atoms with Crippen LogP contribution in [-0.2, 0) is 12.2 Å². The highest BCUT2D eigenvalue weighted by atomic mass is 32.2. The Bertz CT molecular complexity index is 375. The molecular formula is C10H17N3OS. The SMILES string of the molecule is CCCSCc1nc(N)c(CC)c(=O)[nH]1. The van der Waals surface area contributed by atoms with Crippen molar-refractivity contribution < 1.29 is 0 Å². The Morgan fingerprint density at radius 3 is 2.73 bits per heavy atom. The van der Waals surface area contributed by atoms with Crippen LogP contribution in [0.15, 0.2) is 4.79 Å². The molecule has 5 heteroatoms. The van der Waals surface area contributed by atoms with Gasteiger partial charge in [-0.2, -0.15) is 11.8 Å². The average molecular weight is 227 g/mol. The fraction of sp³-hybridized carbons (Fsp3) is 0.600. The number of hydrogen-bond acceptors (Lipinski definition) is 4. The maximum atomic E-state index is 11.5. The molecule has 0 bridgehead atoms. The van der Waals surface area contributed by atoms with E-state index in [0.717, 1.165) is 17.9 Å². The zero-order valence-electron chi connectivity index (χ0n) is 9.17. The molecule has 0 aromatic carbocycles. The van der Waals surface area contributed by atoms with Crippen LogP contribution in [0.4, 0.5) is 5.82 Å². The standard InChI is InChI=1S/C10H17N3OS/c1-3-5-15-6-8-12-9(11)7(4-2)10(14)13-8/h3-6H2,1-2H3,(H3,11,12,13,14). The van der Waals surface area contributed by atoms with Crippen LogP contribution >= 0.6 is 11.8 Å². The molecule has 0 unspecified atom stereocenters. The highest BCUT2D eigenvalue weighted by Crippen LogP contribution is 2.10. The molecule has 0 aliphatic heterocycles. The average Bonchev–Trinajstić information content (AvgIpc) is 2.18. The Morgan fingerprint density at radius 2 is 2.20 bits per heavy atom. The highest BCUT2D eigenvalue weighted by molar-refractivity contribution is 7.98. The van der Waals surface area contributed by atoms with Crippen molar-refractivity contribution in [1.29, 1.82) is 0 Å². The van der Waals surface area contributed by atoms with E-state index in [-0.39, 0.29) is 5.56 Å². The van der Waals surface area contributed by atoms with Gasteiger partial charge in [0.05, 0.1) is 11.3 Å². The van der Waals surface area contributed by atoms with Crippen LogP contribution in [0.2, 0.25) is 0 Å². The number of thioether (sulfide) groups is 1. The van der Waals surface area contributed by atoms with Gasteiger partial charge in [0, 0.05) is 0 Å². The summed E-state index contributed by atoms with van der Waals surface area (Å²) in [5.74, 6) is 2.83. The predicted molar refractivity (Wildman–Crippen MR) is 65.1 cm³/mol. The van der Waals surface area contributed by atoms with Crippen LogP contribution in [-0.4, -0.2) is 15.7 Å². The molecule has 84 valence electrons. The minimum absolute atomic E-state index is 0.0999. The van der Waals surface area contributed by atoms with Gasteiger partial charge in [-0.05, 0) is 18.6 Å². The van der Waals surface area contributed by atoms with Crippen LogP contribution in [0.1, 0.15) is 31.7 Å². The molecule has 0 saturated heterocycles. The van der Waals surface area contributed by atoms with E-state index in [1.165, 1.54) is 0 Å². The number of nitrogens with one attached hydrogen (secondary N) is 1. The molecule has 1 aromatic rings. The Hall–Kier alpha value is -0.970. The van der Waals surface area contributed by atoms with Crippen molar-refractivity contribution in [1.82, 2.24) is 9.97 Å². The van der Waals surface area contributed by atoms with Gasteiger partial charge in [0.15, 0.2) is 0 Å². The lowest BCUT2D eigenvalue weighted by Gasteiger charge is -2.04. The number of nitrogens with two attached hydrogens (primary N) is 1. The van der Waals surface area contributed by atoms with Gasteiger partial charge in [-0.15, -0.1) is 0 Å². The smallest absolute Gasteiger partial charge is 0.256 e. The first-order chi connectivity index (χ1) is 7.19. The summed E-state index contributed by atoms with van der Waals surface area (Å²) in [7, 11) is 0. The summed E-state index contributed by atoms with van der Waals surface area (Å²) < 4.78 is 0. The van der Waals surface area contributed by atoms with Crippen molar-refractivity contribution in [2.24, 2.45) is 0 Å². The second-order valence-corrected chi connectivity index (χ2v) is 4.39. The molecule has 0 radical (unpaired) electrons. The fourth-order valence-electron chi connectivity index (χ4n) is 1.29. The first-order valence-electron chi connectivity index (χ1n) is 5.14. The van der Waals surface area contributed by atoms with E-state index in [1.807, 2.05) is 6.92 Å². The van der Waals surface area contributed by atoms with Crippen LogP contribution in [0, 0.1) is 0 Å². The molecule has 0 spiro atoms. The number of nitrogen functional groups attached to an aromatic ring is 1. The highest BCUT2D eigenvalue weighted by Gasteiger charge is 2.06. The summed E-state index contributed by atoms with van der Waals surface area (Å²) in [6.07, 6.45) is 1.74. The molecular weight excluding hydrogens is 210 g/mol. The number of aromatic amines is 1. The number of rotatable bonds is 5. The number of aromatic nitrogens is 2. The second kappa shape index (κ2) is 5.80. The van der Waals surface area contributed by atoms with Crippen LogP contribution < -0.4 is 11.3 Å². The Labute approximate surface area is 93.7 Å². The van der Waals surface area contributed by atoms with E-state index >= 15 is 0 Å². The van der Waals surface area contributed by atoms with Crippen LogP contribution in [0.5, 0.6) is 0 Å². The number of hydrogen-bond donors (Lipinski definition) is 2. The summed E-state index contributed by atoms with van der Waals surface area (Å²) in [5, 5.41) is 0. The molecule has 0 saturated carbocycles. The Balaban J connectivity index is 2.80. The fourth-order valence-corrected chi connectivity index (χ4v) is 2.05. The molecule has 4 nitrogen and oxygen atoms in total. The Kier molecular flexibility index (Phi) is 4.68. The van der Waals surface area contributed by atoms with E-state index in [1.54, 1.807) is 11.8 Å². The van der Waals surface area contributed by atoms with E-state index < -0.39 is 0 Å². The van der Waals surface area contributed by atoms with E-state index in [9.17, 15) is 4.79 Å². The van der Waals surface area contributed by atoms with Crippen LogP contribution in [0.25, 0.3) is 0 Å². The van der Waals surface area contributed by atoms with Crippen LogP contribution in [0.3, 0.4) is 0 Å². The van der Waals surface area contributed by atoms with E-state index in [0.29, 0.717) is 23.6 Å². The van der Waals surface area contributed by atoms with E-state index in [4.69, 9.17) is 5.73 Å². The number of anilines is 1. The number of H-pyrrole nitrogens is 1. The van der Waals surface area contributed by atoms with Crippen molar-refractivity contribution in [2.75, 3.05) is 11.5 Å². The van der Waals surface area contributed by atoms with Gasteiger partial charge in [0.25, 0.3) is 5.56 Å². The minimum atomic E-state index is -0.0999. The summed E-state index contributed by atoms with van der Waals surface area (Å²) in [5.41, 5.74) is 6.18. The lowest BCUT2D eigenvalue weighted by atomic mass is 10.2. The molecule has 0 amide bonds. The largest absolute Gasteiger partial charge is 0.383 e. The van der Waals surface area contributed by atoms with E-state index in [2.05, 4.69) is 16.9 Å². The monoisotopic (exact) mass is 227 g/mol. The number of nitrogens with zero attached hydrogens (tertiary/aromatic N) is 1. The quantitative estimate of drug-likeness (QED) is 0.749. The van der Waals surface area contributed by atoms with Gasteiger partial charge in [-0.25, -0.2) is 4.98 Å². The maximum absolute atomic E-state index is 11.5. The van der Waals surface area contributed by atoms with Crippen molar-refractivity contribution in [3.05, 3.63) is 21.7 Å². The van der Waals surface area contributed by atoms with Gasteiger partial charge in [0.1, 0.15) is 11.6 Å². The summed E-state index contributed by atoms with van der Waals surface area (Å²) in [6.45, 7) is 4.02. The first-order valence-corrected chi connectivity index (χ1v) is 6.29. The molecule has 0 atom stereocenters. The van der Waals surface area contributed by atoms with Crippen molar-refractivity contribution in [3.8, 4) is 0 Å². The zero-order valence-corrected chi connectivity index (χ0v) is 9.99. The second-order valence-electron chi connectivity index (χ2n) is 3.28. The maximum Gasteiger partial charge on any atom is 0.256 e. The van der Waals surface area contributed by atoms with Crippen molar-refractivity contribution >= 4 is 17.6 Å². The predicted octanol–water partition coefficient (Wildman–Crippen LogP) is 1.56. The van der Waals surface area contributed by atoms with Gasteiger partial charge >= 0.3 is 0 Å². The molecule has 15 heavy (non-hydrogen) atoms. The Morgan fingerprint density at radius 1 is 1.47 bits per heavy atom. The van der Waals surface area contributed by atoms with Gasteiger partial charge < -0.3 is 10.7 Å². The third-order valence-corrected chi connectivity index (χ3v) is 3.21. The van der Waals surface area contributed by atoms with Crippen molar-refractivity contribution in [2.45, 2.75) is 32.4 Å². The lowest BCUT2D eigenvalue weighted by Crippen LogP contribution is -2.18.